The van der Waals surface area contributed by atoms with E-state index in [2.05, 4.69) is 20.5 Å². The first-order chi connectivity index (χ1) is 17.5. The van der Waals surface area contributed by atoms with Gasteiger partial charge in [0.1, 0.15) is 5.02 Å². The Bertz CT molecular complexity index is 1620. The molecule has 12 heteroatoms. The van der Waals surface area contributed by atoms with E-state index in [1.54, 1.807) is 36.0 Å². The molecule has 190 valence electrons. The molecule has 0 atom stereocenters. The molecule has 0 spiro atoms. The topological polar surface area (TPSA) is 77.1 Å². The Morgan fingerprint density at radius 3 is 2.49 bits per heavy atom. The predicted octanol–water partition coefficient (Wildman–Crippen LogP) is 6.55. The van der Waals surface area contributed by atoms with Gasteiger partial charge >= 0.3 is 6.18 Å². The van der Waals surface area contributed by atoms with Gasteiger partial charge in [-0.05, 0) is 43.8 Å². The number of nitrogens with one attached hydrogen (secondary N) is 1. The minimum absolute atomic E-state index is 0.0904. The molecule has 0 aliphatic rings. The van der Waals surface area contributed by atoms with Gasteiger partial charge in [-0.3, -0.25) is 9.48 Å². The maximum Gasteiger partial charge on any atom is 0.433 e. The molecular weight excluding hydrogens is 525 g/mol. The number of aromatic nitrogens is 5. The lowest BCUT2D eigenvalue weighted by Crippen LogP contribution is -2.16. The monoisotopic (exact) mass is 544 g/mol. The SMILES string of the molecule is Cc1ccc(Cn2nc(C)c(NC(=O)c3nn4c(C(F)(F)F)cc(-c5cccs5)nc4c3Cl)c2C)cc1. The van der Waals surface area contributed by atoms with Crippen LogP contribution in [0.15, 0.2) is 47.8 Å². The Kier molecular flexibility index (Phi) is 6.28. The highest BCUT2D eigenvalue weighted by Crippen LogP contribution is 2.35. The summed E-state index contributed by atoms with van der Waals surface area (Å²) in [6, 6.07) is 12.3. The Morgan fingerprint density at radius 1 is 1.11 bits per heavy atom. The van der Waals surface area contributed by atoms with Crippen LogP contribution in [0, 0.1) is 20.8 Å². The summed E-state index contributed by atoms with van der Waals surface area (Å²) in [5, 5.41) is 12.6. The Hall–Kier alpha value is -3.70. The summed E-state index contributed by atoms with van der Waals surface area (Å²) < 4.78 is 44.0. The number of fused-ring (bicyclic) bond motifs is 1. The first-order valence-corrected chi connectivity index (χ1v) is 12.4. The number of anilines is 1. The molecule has 5 rings (SSSR count). The van der Waals surface area contributed by atoms with E-state index in [-0.39, 0.29) is 22.1 Å². The molecule has 0 radical (unpaired) electrons. The zero-order valence-electron chi connectivity index (χ0n) is 19.9. The summed E-state index contributed by atoms with van der Waals surface area (Å²) in [5.41, 5.74) is 2.22. The van der Waals surface area contributed by atoms with Crippen LogP contribution in [-0.4, -0.2) is 30.3 Å². The van der Waals surface area contributed by atoms with Crippen molar-refractivity contribution in [1.29, 1.82) is 0 Å². The zero-order valence-corrected chi connectivity index (χ0v) is 21.5. The number of amides is 1. The van der Waals surface area contributed by atoms with E-state index in [1.807, 2.05) is 31.2 Å². The van der Waals surface area contributed by atoms with Crippen molar-refractivity contribution in [2.75, 3.05) is 5.32 Å². The molecule has 7 nitrogen and oxygen atoms in total. The molecule has 0 aliphatic heterocycles. The molecule has 0 unspecified atom stereocenters. The quantitative estimate of drug-likeness (QED) is 0.272. The van der Waals surface area contributed by atoms with Crippen molar-refractivity contribution < 1.29 is 18.0 Å². The number of halogens is 4. The van der Waals surface area contributed by atoms with Crippen LogP contribution in [0.25, 0.3) is 16.2 Å². The molecule has 0 bridgehead atoms. The van der Waals surface area contributed by atoms with E-state index < -0.39 is 17.8 Å². The normalized spacial score (nSPS) is 11.9. The molecule has 0 saturated carbocycles. The fraction of sp³-hybridized carbons (Fsp3) is 0.200. The maximum atomic E-state index is 13.9. The van der Waals surface area contributed by atoms with Gasteiger partial charge in [0.2, 0.25) is 0 Å². The average Bonchev–Trinajstić information content (AvgIpc) is 3.55. The number of carbonyl (C=O) groups excluding carboxylic acids is 1. The number of alkyl halides is 3. The fourth-order valence-electron chi connectivity index (χ4n) is 3.96. The maximum absolute atomic E-state index is 13.9. The van der Waals surface area contributed by atoms with Gasteiger partial charge < -0.3 is 5.32 Å². The van der Waals surface area contributed by atoms with Crippen molar-refractivity contribution in [2.24, 2.45) is 0 Å². The van der Waals surface area contributed by atoms with Crippen molar-refractivity contribution in [2.45, 2.75) is 33.5 Å². The summed E-state index contributed by atoms with van der Waals surface area (Å²) >= 11 is 7.63. The molecule has 0 aliphatic carbocycles. The first kappa shape index (κ1) is 25.0. The highest BCUT2D eigenvalue weighted by molar-refractivity contribution is 7.13. The fourth-order valence-corrected chi connectivity index (χ4v) is 4.89. The van der Waals surface area contributed by atoms with Gasteiger partial charge in [-0.25, -0.2) is 9.50 Å². The Balaban J connectivity index is 1.51. The van der Waals surface area contributed by atoms with Crippen LogP contribution in [0.2, 0.25) is 5.02 Å². The van der Waals surface area contributed by atoms with E-state index in [4.69, 9.17) is 11.6 Å². The Morgan fingerprint density at radius 2 is 1.84 bits per heavy atom. The third-order valence-corrected chi connectivity index (χ3v) is 7.13. The van der Waals surface area contributed by atoms with E-state index in [9.17, 15) is 18.0 Å². The van der Waals surface area contributed by atoms with Gasteiger partial charge in [0.15, 0.2) is 17.0 Å². The second-order valence-corrected chi connectivity index (χ2v) is 9.87. The minimum Gasteiger partial charge on any atom is -0.317 e. The number of aryl methyl sites for hydroxylation is 2. The third-order valence-electron chi connectivity index (χ3n) is 5.88. The summed E-state index contributed by atoms with van der Waals surface area (Å²) in [6.45, 7) is 6.02. The molecule has 5 aromatic rings. The molecule has 0 fully saturated rings. The van der Waals surface area contributed by atoms with E-state index in [0.717, 1.165) is 17.2 Å². The van der Waals surface area contributed by atoms with Gasteiger partial charge in [-0.15, -0.1) is 11.3 Å². The van der Waals surface area contributed by atoms with Crippen LogP contribution < -0.4 is 5.32 Å². The van der Waals surface area contributed by atoms with Crippen LogP contribution in [0.4, 0.5) is 18.9 Å². The molecule has 1 aromatic carbocycles. The number of carbonyl (C=O) groups is 1. The van der Waals surface area contributed by atoms with Gasteiger partial charge in [0.25, 0.3) is 5.91 Å². The summed E-state index contributed by atoms with van der Waals surface area (Å²) in [4.78, 5) is 18.0. The van der Waals surface area contributed by atoms with Gasteiger partial charge in [-0.1, -0.05) is 47.5 Å². The van der Waals surface area contributed by atoms with Gasteiger partial charge in [-0.2, -0.15) is 23.4 Å². The molecule has 0 saturated heterocycles. The van der Waals surface area contributed by atoms with Gasteiger partial charge in [0, 0.05) is 0 Å². The lowest BCUT2D eigenvalue weighted by molar-refractivity contribution is -0.142. The number of thiophene rings is 1. The van der Waals surface area contributed by atoms with Gasteiger partial charge in [0.05, 0.1) is 34.2 Å². The number of hydrogen-bond acceptors (Lipinski definition) is 5. The van der Waals surface area contributed by atoms with Crippen molar-refractivity contribution in [3.63, 3.8) is 0 Å². The minimum atomic E-state index is -4.75. The van der Waals surface area contributed by atoms with E-state index in [1.165, 1.54) is 11.3 Å². The highest BCUT2D eigenvalue weighted by Gasteiger charge is 2.37. The molecule has 37 heavy (non-hydrogen) atoms. The molecule has 4 heterocycles. The van der Waals surface area contributed by atoms with Crippen molar-refractivity contribution >= 4 is 40.2 Å². The van der Waals surface area contributed by atoms with E-state index in [0.29, 0.717) is 33.0 Å². The zero-order chi connectivity index (χ0) is 26.5. The third kappa shape index (κ3) is 4.72. The van der Waals surface area contributed by atoms with Crippen molar-refractivity contribution in [3.8, 4) is 10.6 Å². The number of nitrogens with zero attached hydrogens (tertiary/aromatic N) is 5. The predicted molar refractivity (Wildman–Crippen MR) is 136 cm³/mol. The second-order valence-electron chi connectivity index (χ2n) is 8.54. The van der Waals surface area contributed by atoms with Crippen molar-refractivity contribution in [1.82, 2.24) is 24.4 Å². The number of hydrogen-bond donors (Lipinski definition) is 1. The molecular formula is C25H20ClF3N6OS. The van der Waals surface area contributed by atoms with Crippen LogP contribution in [-0.2, 0) is 12.7 Å². The van der Waals surface area contributed by atoms with Crippen LogP contribution >= 0.6 is 22.9 Å². The Labute approximate surface area is 218 Å². The molecule has 4 aromatic heterocycles. The summed E-state index contributed by atoms with van der Waals surface area (Å²) in [5.74, 6) is -0.762. The van der Waals surface area contributed by atoms with E-state index >= 15 is 0 Å². The average molecular weight is 545 g/mol. The standard InChI is InChI=1S/C25H20ClF3N6OS/c1-13-6-8-16(9-7-13)12-34-15(3)21(14(2)32-34)31-24(36)22-20(26)23-30-17(18-5-4-10-37-18)11-19(25(27,28)29)35(23)33-22/h4-11H,12H2,1-3H3,(H,31,36). The molecule has 1 amide bonds. The van der Waals surface area contributed by atoms with Crippen LogP contribution in [0.1, 0.15) is 38.7 Å². The summed E-state index contributed by atoms with van der Waals surface area (Å²) in [7, 11) is 0. The number of rotatable bonds is 5. The van der Waals surface area contributed by atoms with Crippen molar-refractivity contribution in [3.05, 3.63) is 86.8 Å². The van der Waals surface area contributed by atoms with Crippen LogP contribution in [0.5, 0.6) is 0 Å². The smallest absolute Gasteiger partial charge is 0.317 e. The number of benzene rings is 1. The second kappa shape index (κ2) is 9.31. The lowest BCUT2D eigenvalue weighted by Gasteiger charge is -2.10. The largest absolute Gasteiger partial charge is 0.433 e. The highest BCUT2D eigenvalue weighted by atomic mass is 35.5. The summed E-state index contributed by atoms with van der Waals surface area (Å²) in [6.07, 6.45) is -4.75. The first-order valence-electron chi connectivity index (χ1n) is 11.1. The lowest BCUT2D eigenvalue weighted by atomic mass is 10.1. The molecule has 1 N–H and O–H groups in total. The van der Waals surface area contributed by atoms with Crippen LogP contribution in [0.3, 0.4) is 0 Å².